The van der Waals surface area contributed by atoms with Gasteiger partial charge >= 0.3 is 0 Å². The summed E-state index contributed by atoms with van der Waals surface area (Å²) in [6.45, 7) is 13.6. The molecule has 0 N–H and O–H groups in total. The van der Waals surface area contributed by atoms with Gasteiger partial charge < -0.3 is 9.80 Å². The van der Waals surface area contributed by atoms with Crippen molar-refractivity contribution in [2.75, 3.05) is 44.2 Å². The van der Waals surface area contributed by atoms with Crippen LogP contribution in [0, 0.1) is 6.92 Å². The van der Waals surface area contributed by atoms with Crippen LogP contribution in [-0.4, -0.2) is 71.0 Å². The molecule has 144 valence electrons. The number of aryl methyl sites for hydroxylation is 1. The lowest BCUT2D eigenvalue weighted by Gasteiger charge is -2.38. The minimum Gasteiger partial charge on any atom is -0.354 e. The smallest absolute Gasteiger partial charge is 0.236 e. The van der Waals surface area contributed by atoms with Gasteiger partial charge in [0.05, 0.1) is 6.54 Å². The van der Waals surface area contributed by atoms with Crippen LogP contribution in [0.3, 0.4) is 0 Å². The van der Waals surface area contributed by atoms with Crippen LogP contribution >= 0.6 is 0 Å². The molecule has 6 heteroatoms. The predicted molar refractivity (Wildman–Crippen MR) is 105 cm³/mol. The van der Waals surface area contributed by atoms with E-state index in [4.69, 9.17) is 4.98 Å². The van der Waals surface area contributed by atoms with E-state index in [0.717, 1.165) is 62.9 Å². The van der Waals surface area contributed by atoms with Crippen LogP contribution in [0.2, 0.25) is 0 Å². The normalized spacial score (nSPS) is 22.1. The second kappa shape index (κ2) is 8.33. The number of carbonyl (C=O) groups is 1. The van der Waals surface area contributed by atoms with Crippen LogP contribution in [0.1, 0.15) is 57.5 Å². The number of piperazine rings is 1. The molecule has 0 bridgehead atoms. The van der Waals surface area contributed by atoms with E-state index in [1.54, 1.807) is 0 Å². The van der Waals surface area contributed by atoms with Crippen molar-refractivity contribution in [3.8, 4) is 0 Å². The maximum atomic E-state index is 12.6. The number of anilines is 1. The van der Waals surface area contributed by atoms with Gasteiger partial charge in [0.1, 0.15) is 11.6 Å². The van der Waals surface area contributed by atoms with Crippen molar-refractivity contribution in [2.24, 2.45) is 0 Å². The lowest BCUT2D eigenvalue weighted by Crippen LogP contribution is -2.52. The number of aromatic nitrogens is 2. The maximum absolute atomic E-state index is 12.6. The van der Waals surface area contributed by atoms with Crippen LogP contribution in [-0.2, 0) is 4.79 Å². The van der Waals surface area contributed by atoms with Crippen LogP contribution < -0.4 is 4.90 Å². The van der Waals surface area contributed by atoms with Gasteiger partial charge in [0.15, 0.2) is 0 Å². The van der Waals surface area contributed by atoms with Gasteiger partial charge in [0.2, 0.25) is 5.91 Å². The Labute approximate surface area is 157 Å². The van der Waals surface area contributed by atoms with Gasteiger partial charge in [-0.2, -0.15) is 0 Å². The van der Waals surface area contributed by atoms with Gasteiger partial charge in [-0.1, -0.05) is 13.8 Å². The Kier molecular flexibility index (Phi) is 6.12. The summed E-state index contributed by atoms with van der Waals surface area (Å²) in [6, 6.07) is 2.47. The van der Waals surface area contributed by atoms with E-state index in [1.807, 2.05) is 6.92 Å². The molecule has 0 radical (unpaired) electrons. The fourth-order valence-electron chi connectivity index (χ4n) is 3.88. The molecule has 2 fully saturated rings. The molecule has 2 aliphatic heterocycles. The first kappa shape index (κ1) is 19.1. The zero-order valence-electron chi connectivity index (χ0n) is 16.7. The number of amides is 1. The second-order valence-corrected chi connectivity index (χ2v) is 8.08. The Morgan fingerprint density at radius 3 is 2.54 bits per heavy atom. The predicted octanol–water partition coefficient (Wildman–Crippen LogP) is 2.43. The summed E-state index contributed by atoms with van der Waals surface area (Å²) in [5.74, 6) is 2.57. The molecule has 1 aromatic heterocycles. The summed E-state index contributed by atoms with van der Waals surface area (Å²) in [4.78, 5) is 28.6. The summed E-state index contributed by atoms with van der Waals surface area (Å²) in [7, 11) is 0. The van der Waals surface area contributed by atoms with E-state index in [0.29, 0.717) is 24.4 Å². The fourth-order valence-corrected chi connectivity index (χ4v) is 3.88. The molecule has 1 aromatic rings. The molecule has 0 aliphatic carbocycles. The van der Waals surface area contributed by atoms with Gasteiger partial charge in [-0.15, -0.1) is 0 Å². The van der Waals surface area contributed by atoms with E-state index in [-0.39, 0.29) is 0 Å². The molecular formula is C20H33N5O. The number of rotatable bonds is 4. The quantitative estimate of drug-likeness (QED) is 0.826. The summed E-state index contributed by atoms with van der Waals surface area (Å²) in [5.41, 5.74) is 1.02. The Morgan fingerprint density at radius 2 is 1.88 bits per heavy atom. The van der Waals surface area contributed by atoms with E-state index < -0.39 is 0 Å². The third-order valence-corrected chi connectivity index (χ3v) is 5.55. The van der Waals surface area contributed by atoms with E-state index >= 15 is 0 Å². The molecular weight excluding hydrogens is 326 g/mol. The highest BCUT2D eigenvalue weighted by atomic mass is 16.2. The molecule has 0 aromatic carbocycles. The Bertz CT molecular complexity index is 625. The lowest BCUT2D eigenvalue weighted by atomic mass is 10.0. The molecule has 0 saturated carbocycles. The number of piperidine rings is 1. The molecule has 3 heterocycles. The lowest BCUT2D eigenvalue weighted by molar-refractivity contribution is -0.135. The van der Waals surface area contributed by atoms with Gasteiger partial charge in [-0.3, -0.25) is 9.69 Å². The van der Waals surface area contributed by atoms with Crippen LogP contribution in [0.25, 0.3) is 0 Å². The summed E-state index contributed by atoms with van der Waals surface area (Å²) < 4.78 is 0. The van der Waals surface area contributed by atoms with E-state index in [9.17, 15) is 4.79 Å². The van der Waals surface area contributed by atoms with Gasteiger partial charge in [0, 0.05) is 56.4 Å². The number of likely N-dealkylation sites (tertiary alicyclic amines) is 1. The third kappa shape index (κ3) is 4.53. The van der Waals surface area contributed by atoms with Crippen LogP contribution in [0.15, 0.2) is 6.07 Å². The van der Waals surface area contributed by atoms with E-state index in [2.05, 4.69) is 46.5 Å². The molecule has 2 saturated heterocycles. The summed E-state index contributed by atoms with van der Waals surface area (Å²) in [6.07, 6.45) is 3.54. The third-order valence-electron chi connectivity index (χ3n) is 5.55. The van der Waals surface area contributed by atoms with Crippen molar-refractivity contribution >= 4 is 11.7 Å². The van der Waals surface area contributed by atoms with Crippen molar-refractivity contribution < 1.29 is 4.79 Å². The number of hydrogen-bond donors (Lipinski definition) is 0. The molecule has 1 atom stereocenters. The van der Waals surface area contributed by atoms with E-state index in [1.165, 1.54) is 6.42 Å². The number of hydrogen-bond acceptors (Lipinski definition) is 5. The second-order valence-electron chi connectivity index (χ2n) is 8.08. The monoisotopic (exact) mass is 359 g/mol. The summed E-state index contributed by atoms with van der Waals surface area (Å²) in [5, 5.41) is 0. The first-order chi connectivity index (χ1) is 12.4. The molecule has 0 spiro atoms. The number of nitrogens with zero attached hydrogens (tertiary/aromatic N) is 5. The minimum atomic E-state index is 0.297. The molecule has 26 heavy (non-hydrogen) atoms. The maximum Gasteiger partial charge on any atom is 0.236 e. The van der Waals surface area contributed by atoms with Crippen molar-refractivity contribution in [2.45, 2.75) is 58.9 Å². The van der Waals surface area contributed by atoms with Crippen molar-refractivity contribution in [1.82, 2.24) is 19.8 Å². The van der Waals surface area contributed by atoms with Crippen molar-refractivity contribution in [1.29, 1.82) is 0 Å². The highest BCUT2D eigenvalue weighted by Gasteiger charge is 2.26. The molecule has 1 unspecified atom stereocenters. The Morgan fingerprint density at radius 1 is 1.15 bits per heavy atom. The van der Waals surface area contributed by atoms with Gasteiger partial charge in [-0.05, 0) is 33.1 Å². The fraction of sp³-hybridized carbons (Fsp3) is 0.750. The van der Waals surface area contributed by atoms with Crippen molar-refractivity contribution in [3.05, 3.63) is 17.6 Å². The van der Waals surface area contributed by atoms with Crippen LogP contribution in [0.4, 0.5) is 5.82 Å². The van der Waals surface area contributed by atoms with Gasteiger partial charge in [0.25, 0.3) is 0 Å². The SMILES string of the molecule is Cc1cc(N2CCN(CC(=O)N3CCCCC3C)CC2)nc(C(C)C)n1. The minimum absolute atomic E-state index is 0.297. The summed E-state index contributed by atoms with van der Waals surface area (Å²) >= 11 is 0. The standard InChI is InChI=1S/C20H33N5O/c1-15(2)20-21-16(3)13-18(22-20)24-11-9-23(10-12-24)14-19(26)25-8-6-5-7-17(25)4/h13,15,17H,5-12,14H2,1-4H3. The molecule has 3 rings (SSSR count). The highest BCUT2D eigenvalue weighted by molar-refractivity contribution is 5.78. The first-order valence-corrected chi connectivity index (χ1v) is 10.1. The van der Waals surface area contributed by atoms with Crippen molar-refractivity contribution in [3.63, 3.8) is 0 Å². The first-order valence-electron chi connectivity index (χ1n) is 10.1. The zero-order valence-corrected chi connectivity index (χ0v) is 16.7. The topological polar surface area (TPSA) is 52.6 Å². The number of carbonyl (C=O) groups excluding carboxylic acids is 1. The highest BCUT2D eigenvalue weighted by Crippen LogP contribution is 2.20. The molecule has 6 nitrogen and oxygen atoms in total. The molecule has 1 amide bonds. The van der Waals surface area contributed by atoms with Crippen LogP contribution in [0.5, 0.6) is 0 Å². The average Bonchev–Trinajstić information content (AvgIpc) is 2.62. The average molecular weight is 360 g/mol. The Balaban J connectivity index is 1.55. The molecule has 2 aliphatic rings. The zero-order chi connectivity index (χ0) is 18.7. The Hall–Kier alpha value is -1.69. The largest absolute Gasteiger partial charge is 0.354 e. The van der Waals surface area contributed by atoms with Gasteiger partial charge in [-0.25, -0.2) is 9.97 Å².